The van der Waals surface area contributed by atoms with Crippen LogP contribution in [-0.2, 0) is 11.3 Å². The number of nitrogens with zero attached hydrogens (tertiary/aromatic N) is 2. The Labute approximate surface area is 207 Å². The summed E-state index contributed by atoms with van der Waals surface area (Å²) in [5.41, 5.74) is 1.72. The normalized spacial score (nSPS) is 11.0. The van der Waals surface area contributed by atoms with Crippen LogP contribution in [-0.4, -0.2) is 21.2 Å². The van der Waals surface area contributed by atoms with E-state index in [1.807, 2.05) is 0 Å². The second kappa shape index (κ2) is 9.30. The van der Waals surface area contributed by atoms with Gasteiger partial charge in [0.1, 0.15) is 10.3 Å². The van der Waals surface area contributed by atoms with Gasteiger partial charge in [0.15, 0.2) is 0 Å². The fourth-order valence-electron chi connectivity index (χ4n) is 3.27. The Morgan fingerprint density at radius 3 is 2.34 bits per heavy atom. The van der Waals surface area contributed by atoms with Crippen molar-refractivity contribution in [3.63, 3.8) is 0 Å². The number of hydrogen-bond donors (Lipinski definition) is 1. The van der Waals surface area contributed by atoms with Crippen molar-refractivity contribution in [1.29, 1.82) is 0 Å². The molecule has 0 radical (unpaired) electrons. The number of pyridine rings is 1. The standard InChI is InChI=1S/C22H12Cl5N3O2/c23-12-3-4-17-15(7-12)19(20(31)22(32)29-14-5-6-28-18(26)9-14)21(27)30(17)10-11-1-2-13(24)8-16(11)25/h1-9H,10H2,(H,28,29,32). The average molecular weight is 528 g/mol. The van der Waals surface area contributed by atoms with Gasteiger partial charge in [-0.1, -0.05) is 64.1 Å². The summed E-state index contributed by atoms with van der Waals surface area (Å²) in [6.45, 7) is 0.252. The largest absolute Gasteiger partial charge is 0.326 e. The molecule has 0 saturated heterocycles. The molecule has 0 aliphatic heterocycles. The van der Waals surface area contributed by atoms with Crippen LogP contribution in [0.1, 0.15) is 15.9 Å². The van der Waals surface area contributed by atoms with Gasteiger partial charge in [0.25, 0.3) is 11.7 Å². The number of rotatable bonds is 5. The Hall–Kier alpha value is -2.28. The van der Waals surface area contributed by atoms with Crippen LogP contribution >= 0.6 is 58.0 Å². The number of halogens is 5. The van der Waals surface area contributed by atoms with Crippen molar-refractivity contribution in [1.82, 2.24) is 9.55 Å². The van der Waals surface area contributed by atoms with Crippen molar-refractivity contribution in [3.05, 3.63) is 91.2 Å². The maximum absolute atomic E-state index is 13.1. The van der Waals surface area contributed by atoms with Gasteiger partial charge in [-0.05, 0) is 48.0 Å². The second-order valence-electron chi connectivity index (χ2n) is 6.80. The number of nitrogens with one attached hydrogen (secondary N) is 1. The highest BCUT2D eigenvalue weighted by molar-refractivity contribution is 6.52. The zero-order valence-electron chi connectivity index (χ0n) is 16.0. The molecule has 2 aromatic heterocycles. The van der Waals surface area contributed by atoms with Crippen molar-refractivity contribution in [3.8, 4) is 0 Å². The van der Waals surface area contributed by atoms with Crippen LogP contribution in [0.3, 0.4) is 0 Å². The third kappa shape index (κ3) is 4.58. The summed E-state index contributed by atoms with van der Waals surface area (Å²) in [5, 5.41) is 4.56. The molecular formula is C22H12Cl5N3O2. The van der Waals surface area contributed by atoms with Crippen molar-refractivity contribution < 1.29 is 9.59 Å². The molecule has 10 heteroatoms. The fourth-order valence-corrected chi connectivity index (χ4v) is 4.42. The SMILES string of the molecule is O=C(Nc1ccnc(Cl)c1)C(=O)c1c(Cl)n(Cc2ccc(Cl)cc2Cl)c2ccc(Cl)cc12. The number of anilines is 1. The zero-order valence-corrected chi connectivity index (χ0v) is 19.8. The summed E-state index contributed by atoms with van der Waals surface area (Å²) in [4.78, 5) is 29.7. The molecular weight excluding hydrogens is 516 g/mol. The molecule has 0 atom stereocenters. The molecule has 162 valence electrons. The monoisotopic (exact) mass is 525 g/mol. The molecule has 0 bridgehead atoms. The molecule has 4 aromatic rings. The number of fused-ring (bicyclic) bond motifs is 1. The lowest BCUT2D eigenvalue weighted by Gasteiger charge is -2.10. The summed E-state index contributed by atoms with van der Waals surface area (Å²) < 4.78 is 1.69. The van der Waals surface area contributed by atoms with Crippen LogP contribution in [0.4, 0.5) is 5.69 Å². The van der Waals surface area contributed by atoms with Crippen LogP contribution in [0.5, 0.6) is 0 Å². The molecule has 32 heavy (non-hydrogen) atoms. The highest BCUT2D eigenvalue weighted by Gasteiger charge is 2.27. The third-order valence-electron chi connectivity index (χ3n) is 4.72. The molecule has 5 nitrogen and oxygen atoms in total. The van der Waals surface area contributed by atoms with E-state index in [1.54, 1.807) is 41.0 Å². The maximum Gasteiger partial charge on any atom is 0.296 e. The highest BCUT2D eigenvalue weighted by atomic mass is 35.5. The molecule has 0 saturated carbocycles. The molecule has 0 aliphatic carbocycles. The lowest BCUT2D eigenvalue weighted by Crippen LogP contribution is -2.23. The van der Waals surface area contributed by atoms with Gasteiger partial charge in [-0.25, -0.2) is 4.98 Å². The van der Waals surface area contributed by atoms with E-state index < -0.39 is 11.7 Å². The summed E-state index contributed by atoms with van der Waals surface area (Å²) in [5.74, 6) is -1.70. The van der Waals surface area contributed by atoms with E-state index in [0.29, 0.717) is 31.7 Å². The minimum atomic E-state index is -0.877. The van der Waals surface area contributed by atoms with Gasteiger partial charge in [-0.15, -0.1) is 0 Å². The zero-order chi connectivity index (χ0) is 23.0. The first-order valence-electron chi connectivity index (χ1n) is 9.13. The van der Waals surface area contributed by atoms with Gasteiger partial charge in [-0.2, -0.15) is 0 Å². The van der Waals surface area contributed by atoms with E-state index in [2.05, 4.69) is 10.3 Å². The van der Waals surface area contributed by atoms with Gasteiger partial charge in [0, 0.05) is 32.3 Å². The smallest absolute Gasteiger partial charge is 0.296 e. The summed E-state index contributed by atoms with van der Waals surface area (Å²) >= 11 is 30.9. The highest BCUT2D eigenvalue weighted by Crippen LogP contribution is 2.34. The van der Waals surface area contributed by atoms with E-state index in [-0.39, 0.29) is 22.4 Å². The molecule has 4 rings (SSSR count). The van der Waals surface area contributed by atoms with Crippen molar-refractivity contribution in [2.24, 2.45) is 0 Å². The topological polar surface area (TPSA) is 64.0 Å². The predicted octanol–water partition coefficient (Wildman–Crippen LogP) is 7.17. The van der Waals surface area contributed by atoms with E-state index in [0.717, 1.165) is 5.56 Å². The maximum atomic E-state index is 13.1. The Balaban J connectivity index is 1.77. The molecule has 0 fully saturated rings. The first-order chi connectivity index (χ1) is 15.2. The molecule has 1 N–H and O–H groups in total. The van der Waals surface area contributed by atoms with Gasteiger partial charge < -0.3 is 9.88 Å². The third-order valence-corrected chi connectivity index (χ3v) is 6.15. The van der Waals surface area contributed by atoms with Gasteiger partial charge in [0.2, 0.25) is 0 Å². The summed E-state index contributed by atoms with van der Waals surface area (Å²) in [6.07, 6.45) is 1.41. The van der Waals surface area contributed by atoms with Crippen LogP contribution in [0, 0.1) is 0 Å². The minimum Gasteiger partial charge on any atom is -0.326 e. The molecule has 2 heterocycles. The fraction of sp³-hybridized carbons (Fsp3) is 0.0455. The van der Waals surface area contributed by atoms with Crippen LogP contribution in [0.2, 0.25) is 25.4 Å². The second-order valence-corrected chi connectivity index (χ2v) is 8.82. The summed E-state index contributed by atoms with van der Waals surface area (Å²) in [7, 11) is 0. The Morgan fingerprint density at radius 2 is 1.62 bits per heavy atom. The number of benzene rings is 2. The van der Waals surface area contributed by atoms with Crippen molar-refractivity contribution in [2.75, 3.05) is 5.32 Å². The molecule has 1 amide bonds. The van der Waals surface area contributed by atoms with E-state index in [1.165, 1.54) is 18.3 Å². The first kappa shape index (κ1) is 22.9. The van der Waals surface area contributed by atoms with E-state index in [9.17, 15) is 9.59 Å². The van der Waals surface area contributed by atoms with Gasteiger partial charge in [0.05, 0.1) is 17.6 Å². The number of hydrogen-bond acceptors (Lipinski definition) is 3. The molecule has 2 aromatic carbocycles. The van der Waals surface area contributed by atoms with Gasteiger partial charge in [-0.3, -0.25) is 9.59 Å². The number of carbonyl (C=O) groups is 2. The average Bonchev–Trinajstić information content (AvgIpc) is 3.00. The minimum absolute atomic E-state index is 0.0342. The number of carbonyl (C=O) groups excluding carboxylic acids is 2. The van der Waals surface area contributed by atoms with Gasteiger partial charge >= 0.3 is 0 Å². The molecule has 0 unspecified atom stereocenters. The van der Waals surface area contributed by atoms with E-state index >= 15 is 0 Å². The first-order valence-corrected chi connectivity index (χ1v) is 11.0. The van der Waals surface area contributed by atoms with E-state index in [4.69, 9.17) is 58.0 Å². The number of aromatic nitrogens is 2. The van der Waals surface area contributed by atoms with Crippen LogP contribution in [0.25, 0.3) is 10.9 Å². The predicted molar refractivity (Wildman–Crippen MR) is 130 cm³/mol. The quantitative estimate of drug-likeness (QED) is 0.170. The van der Waals surface area contributed by atoms with Crippen LogP contribution in [0.15, 0.2) is 54.7 Å². The summed E-state index contributed by atoms with van der Waals surface area (Å²) in [6, 6.07) is 13.0. The number of ketones is 1. The van der Waals surface area contributed by atoms with Crippen molar-refractivity contribution in [2.45, 2.75) is 6.54 Å². The Morgan fingerprint density at radius 1 is 0.906 bits per heavy atom. The number of Topliss-reactive ketones (excluding diaryl/α,β-unsaturated/α-hetero) is 1. The molecule has 0 spiro atoms. The van der Waals surface area contributed by atoms with Crippen molar-refractivity contribution >= 4 is 86.3 Å². The number of amides is 1. The lowest BCUT2D eigenvalue weighted by atomic mass is 10.1. The Bertz CT molecular complexity index is 1380. The lowest BCUT2D eigenvalue weighted by molar-refractivity contribution is -0.112. The van der Waals surface area contributed by atoms with Crippen LogP contribution < -0.4 is 5.32 Å². The Kier molecular flexibility index (Phi) is 6.65. The molecule has 0 aliphatic rings.